The third-order valence-electron chi connectivity index (χ3n) is 3.89. The van der Waals surface area contributed by atoms with E-state index in [0.717, 1.165) is 51.4 Å². The van der Waals surface area contributed by atoms with Crippen LogP contribution in [0.4, 0.5) is 0 Å². The van der Waals surface area contributed by atoms with Crippen molar-refractivity contribution >= 4 is 69.8 Å². The maximum Gasteiger partial charge on any atom is 0.217 e. The van der Waals surface area contributed by atoms with Gasteiger partial charge in [-0.25, -0.2) is 0 Å². The molecule has 1 aromatic heterocycles. The predicted octanol–water partition coefficient (Wildman–Crippen LogP) is 3.07. The van der Waals surface area contributed by atoms with E-state index in [1.54, 1.807) is 0 Å². The second kappa shape index (κ2) is 11.5. The van der Waals surface area contributed by atoms with Crippen molar-refractivity contribution in [3.8, 4) is 0 Å². The van der Waals surface area contributed by atoms with Gasteiger partial charge in [-0.3, -0.25) is 9.79 Å². The zero-order valence-electron chi connectivity index (χ0n) is 14.0. The maximum atomic E-state index is 11.2. The molecule has 0 saturated carbocycles. The molecule has 1 amide bonds. The molecule has 2 rings (SSSR count). The van der Waals surface area contributed by atoms with Crippen LogP contribution in [-0.2, 0) is 11.2 Å². The fourth-order valence-electron chi connectivity index (χ4n) is 2.89. The highest BCUT2D eigenvalue weighted by Gasteiger charge is 2.23. The van der Waals surface area contributed by atoms with Crippen molar-refractivity contribution in [1.82, 2.24) is 10.2 Å². The molecule has 8 heteroatoms. The van der Waals surface area contributed by atoms with Gasteiger partial charge in [0.05, 0.1) is 2.88 Å². The molecule has 1 aliphatic heterocycles. The average molecular weight is 576 g/mol. The lowest BCUT2D eigenvalue weighted by atomic mass is 9.95. The largest absolute Gasteiger partial charge is 0.370 e. The molecule has 2 heterocycles. The first-order chi connectivity index (χ1) is 11.1. The van der Waals surface area contributed by atoms with E-state index in [1.807, 2.05) is 11.3 Å². The first kappa shape index (κ1) is 21.9. The van der Waals surface area contributed by atoms with Crippen LogP contribution in [0, 0.1) is 8.80 Å². The Labute approximate surface area is 179 Å². The third kappa shape index (κ3) is 7.42. The summed E-state index contributed by atoms with van der Waals surface area (Å²) in [6.07, 6.45) is 3.61. The van der Waals surface area contributed by atoms with Gasteiger partial charge in [-0.15, -0.1) is 35.3 Å². The van der Waals surface area contributed by atoms with Crippen molar-refractivity contribution in [2.45, 2.75) is 32.6 Å². The van der Waals surface area contributed by atoms with Crippen LogP contribution in [0.15, 0.2) is 17.1 Å². The first-order valence-corrected chi connectivity index (χ1v) is 10.0. The Hall–Kier alpha value is -0.100. The summed E-state index contributed by atoms with van der Waals surface area (Å²) in [5, 5.41) is 3.38. The summed E-state index contributed by atoms with van der Waals surface area (Å²) >= 11 is 4.18. The number of likely N-dealkylation sites (tertiary alicyclic amines) is 1. The van der Waals surface area contributed by atoms with Crippen LogP contribution in [0.5, 0.6) is 0 Å². The van der Waals surface area contributed by atoms with Crippen molar-refractivity contribution < 1.29 is 4.79 Å². The first-order valence-electron chi connectivity index (χ1n) is 8.14. The number of hydrogen-bond acceptors (Lipinski definition) is 3. The van der Waals surface area contributed by atoms with E-state index in [-0.39, 0.29) is 29.9 Å². The summed E-state index contributed by atoms with van der Waals surface area (Å²) in [6, 6.07) is 4.33. The minimum Gasteiger partial charge on any atom is -0.370 e. The smallest absolute Gasteiger partial charge is 0.217 e. The molecule has 24 heavy (non-hydrogen) atoms. The Morgan fingerprint density at radius 1 is 1.54 bits per heavy atom. The van der Waals surface area contributed by atoms with Gasteiger partial charge in [-0.1, -0.05) is 0 Å². The maximum absolute atomic E-state index is 11.2. The number of piperidine rings is 1. The molecule has 136 valence electrons. The summed E-state index contributed by atoms with van der Waals surface area (Å²) in [5.41, 5.74) is 5.35. The molecule has 0 bridgehead atoms. The number of primary amides is 1. The van der Waals surface area contributed by atoms with E-state index in [0.29, 0.717) is 12.3 Å². The van der Waals surface area contributed by atoms with Crippen molar-refractivity contribution in [3.05, 3.63) is 19.9 Å². The number of guanidine groups is 1. The lowest BCUT2D eigenvalue weighted by Gasteiger charge is -2.34. The Bertz CT molecular complexity index is 550. The fraction of sp³-hybridized carbons (Fsp3) is 0.625. The van der Waals surface area contributed by atoms with Gasteiger partial charge in [0, 0.05) is 43.9 Å². The molecule has 1 atom stereocenters. The molecule has 1 aromatic rings. The van der Waals surface area contributed by atoms with Crippen molar-refractivity contribution in [2.24, 2.45) is 16.6 Å². The number of amides is 1. The number of aliphatic imine (C=N–C) groups is 1. The minimum absolute atomic E-state index is 0. The number of nitrogens with two attached hydrogens (primary N) is 1. The number of nitrogens with zero attached hydrogens (tertiary/aromatic N) is 2. The van der Waals surface area contributed by atoms with Crippen molar-refractivity contribution in [1.29, 1.82) is 0 Å². The highest BCUT2D eigenvalue weighted by molar-refractivity contribution is 14.1. The number of thiophene rings is 1. The summed E-state index contributed by atoms with van der Waals surface area (Å²) in [7, 11) is 0. The summed E-state index contributed by atoms with van der Waals surface area (Å²) in [6.45, 7) is 5.59. The zero-order chi connectivity index (χ0) is 16.7. The number of halogens is 2. The van der Waals surface area contributed by atoms with Gasteiger partial charge in [0.15, 0.2) is 5.96 Å². The summed E-state index contributed by atoms with van der Waals surface area (Å²) < 4.78 is 1.32. The number of carbonyl (C=O) groups is 1. The molecule has 1 saturated heterocycles. The molecule has 0 aromatic carbocycles. The van der Waals surface area contributed by atoms with E-state index in [9.17, 15) is 4.79 Å². The standard InChI is InChI=1S/C16H25IN4OS.HI/c1-2-19-16(20-8-7-13-5-6-14(17)23-13)21-9-3-4-12(11-21)10-15(18)22;/h5-6,12H,2-4,7-11H2,1H3,(H2,18,22)(H,19,20);1H. The summed E-state index contributed by atoms with van der Waals surface area (Å²) in [4.78, 5) is 19.6. The topological polar surface area (TPSA) is 70.7 Å². The van der Waals surface area contributed by atoms with E-state index in [4.69, 9.17) is 10.7 Å². The van der Waals surface area contributed by atoms with Gasteiger partial charge in [0.2, 0.25) is 5.91 Å². The highest BCUT2D eigenvalue weighted by Crippen LogP contribution is 2.20. The molecule has 0 radical (unpaired) electrons. The van der Waals surface area contributed by atoms with Gasteiger partial charge in [0.25, 0.3) is 0 Å². The SMILES string of the molecule is CCNC(=NCCc1ccc(I)s1)N1CCCC(CC(N)=O)C1.I. The molecule has 0 aliphatic carbocycles. The van der Waals surface area contributed by atoms with Gasteiger partial charge < -0.3 is 16.0 Å². The Balaban J connectivity index is 0.00000288. The average Bonchev–Trinajstić information content (AvgIpc) is 2.91. The van der Waals surface area contributed by atoms with Crippen LogP contribution in [0.2, 0.25) is 0 Å². The molecular weight excluding hydrogens is 550 g/mol. The van der Waals surface area contributed by atoms with E-state index in [2.05, 4.69) is 51.9 Å². The lowest BCUT2D eigenvalue weighted by molar-refractivity contribution is -0.119. The van der Waals surface area contributed by atoms with Gasteiger partial charge in [0.1, 0.15) is 0 Å². The molecule has 0 spiro atoms. The van der Waals surface area contributed by atoms with E-state index >= 15 is 0 Å². The normalized spacial score (nSPS) is 18.2. The molecule has 1 aliphatic rings. The molecule has 3 N–H and O–H groups in total. The van der Waals surface area contributed by atoms with Crippen LogP contribution in [0.3, 0.4) is 0 Å². The van der Waals surface area contributed by atoms with Crippen molar-refractivity contribution in [3.63, 3.8) is 0 Å². The van der Waals surface area contributed by atoms with Crippen LogP contribution >= 0.6 is 57.9 Å². The Morgan fingerprint density at radius 2 is 2.33 bits per heavy atom. The molecule has 1 fully saturated rings. The van der Waals surface area contributed by atoms with E-state index < -0.39 is 0 Å². The second-order valence-electron chi connectivity index (χ2n) is 5.82. The number of rotatable bonds is 6. The quantitative estimate of drug-likeness (QED) is 0.311. The third-order valence-corrected chi connectivity index (χ3v) is 5.85. The van der Waals surface area contributed by atoms with Crippen molar-refractivity contribution in [2.75, 3.05) is 26.2 Å². The van der Waals surface area contributed by atoms with Gasteiger partial charge in [-0.05, 0) is 60.4 Å². The number of carbonyl (C=O) groups excluding carboxylic acids is 1. The van der Waals surface area contributed by atoms with Gasteiger partial charge in [-0.2, -0.15) is 0 Å². The van der Waals surface area contributed by atoms with Crippen LogP contribution in [0.25, 0.3) is 0 Å². The molecule has 5 nitrogen and oxygen atoms in total. The molecule has 1 unspecified atom stereocenters. The fourth-order valence-corrected chi connectivity index (χ4v) is 4.64. The van der Waals surface area contributed by atoms with E-state index in [1.165, 1.54) is 7.76 Å². The predicted molar refractivity (Wildman–Crippen MR) is 120 cm³/mol. The number of nitrogens with one attached hydrogen (secondary N) is 1. The highest BCUT2D eigenvalue weighted by atomic mass is 127. The monoisotopic (exact) mass is 576 g/mol. The second-order valence-corrected chi connectivity index (χ2v) is 8.88. The van der Waals surface area contributed by atoms with Crippen LogP contribution in [0.1, 0.15) is 31.1 Å². The summed E-state index contributed by atoms with van der Waals surface area (Å²) in [5.74, 6) is 1.11. The van der Waals surface area contributed by atoms with Gasteiger partial charge >= 0.3 is 0 Å². The van der Waals surface area contributed by atoms with Crippen LogP contribution < -0.4 is 11.1 Å². The molecular formula is C16H26I2N4OS. The van der Waals surface area contributed by atoms with Crippen LogP contribution in [-0.4, -0.2) is 42.9 Å². The minimum atomic E-state index is -0.203. The Morgan fingerprint density at radius 3 is 2.96 bits per heavy atom. The zero-order valence-corrected chi connectivity index (χ0v) is 19.3. The number of hydrogen-bond donors (Lipinski definition) is 2. The lowest BCUT2D eigenvalue weighted by Crippen LogP contribution is -2.47. The Kier molecular flexibility index (Phi) is 10.5.